The Hall–Kier alpha value is -1.89. The molecule has 0 aromatic heterocycles. The Bertz CT molecular complexity index is 757. The summed E-state index contributed by atoms with van der Waals surface area (Å²) in [5.41, 5.74) is 5.46. The highest BCUT2D eigenvalue weighted by atomic mass is 16.5. The third-order valence-electron chi connectivity index (χ3n) is 9.08. The fourth-order valence-corrected chi connectivity index (χ4v) is 6.02. The van der Waals surface area contributed by atoms with Crippen LogP contribution in [0, 0.1) is 0 Å². The molecule has 4 N–H and O–H groups in total. The van der Waals surface area contributed by atoms with Gasteiger partial charge in [-0.15, -0.1) is 0 Å². The van der Waals surface area contributed by atoms with Crippen molar-refractivity contribution in [1.29, 1.82) is 0 Å². The van der Waals surface area contributed by atoms with Crippen molar-refractivity contribution >= 4 is 17.8 Å². The molecule has 0 aliphatic carbocycles. The van der Waals surface area contributed by atoms with Gasteiger partial charge < -0.3 is 20.9 Å². The van der Waals surface area contributed by atoms with Gasteiger partial charge in [0.1, 0.15) is 12.1 Å². The maximum Gasteiger partial charge on any atom is 0.326 e. The number of carbonyl (C=O) groups excluding carboxylic acids is 2. The zero-order chi connectivity index (χ0) is 34.6. The maximum atomic E-state index is 12.5. The molecular formula is C40H76N2O5. The fourth-order valence-electron chi connectivity index (χ4n) is 6.02. The summed E-state index contributed by atoms with van der Waals surface area (Å²) in [7, 11) is 0. The lowest BCUT2D eigenvalue weighted by molar-refractivity contribution is -0.150. The number of nitrogens with one attached hydrogen (secondary N) is 1. The fraction of sp³-hybridized carbons (Fsp3) is 0.875. The summed E-state index contributed by atoms with van der Waals surface area (Å²) >= 11 is 0. The van der Waals surface area contributed by atoms with Crippen molar-refractivity contribution in [1.82, 2.24) is 5.32 Å². The van der Waals surface area contributed by atoms with Crippen LogP contribution in [0.3, 0.4) is 0 Å². The minimum atomic E-state index is -1.02. The Morgan fingerprint density at radius 2 is 1.06 bits per heavy atom. The van der Waals surface area contributed by atoms with Gasteiger partial charge in [0.05, 0.1) is 0 Å². The number of hydrogen-bond donors (Lipinski definition) is 3. The van der Waals surface area contributed by atoms with E-state index < -0.39 is 12.0 Å². The molecule has 0 aromatic carbocycles. The van der Waals surface area contributed by atoms with Crippen molar-refractivity contribution in [2.45, 2.75) is 219 Å². The molecule has 0 aliphatic heterocycles. The first-order valence-electron chi connectivity index (χ1n) is 20.0. The number of carboxylic acids is 1. The standard InChI is InChI=1S/C40H76N2O5/c1-3-5-7-8-9-10-11-12-13-14-15-16-17-18-19-20-21-22-23-24-28-34-39(44)47-36(30-6-4-2)31-26-25-27-33-38(43)42-37(40(45)46)32-29-35-41/h14-15,36-37H,3-13,16-35,41H2,1-2H3,(H,42,43)(H,45,46)/b15-14-. The van der Waals surface area contributed by atoms with Crippen molar-refractivity contribution in [3.63, 3.8) is 0 Å². The molecule has 0 rings (SSSR count). The van der Waals surface area contributed by atoms with E-state index in [0.29, 0.717) is 38.6 Å². The lowest BCUT2D eigenvalue weighted by Crippen LogP contribution is -2.40. The number of unbranched alkanes of at least 4 members (excludes halogenated alkanes) is 20. The third-order valence-corrected chi connectivity index (χ3v) is 9.08. The monoisotopic (exact) mass is 665 g/mol. The minimum absolute atomic E-state index is 0.0469. The molecule has 2 atom stereocenters. The van der Waals surface area contributed by atoms with E-state index in [2.05, 4.69) is 31.3 Å². The van der Waals surface area contributed by atoms with Crippen LogP contribution >= 0.6 is 0 Å². The highest BCUT2D eigenvalue weighted by Gasteiger charge is 2.19. The van der Waals surface area contributed by atoms with E-state index in [4.69, 9.17) is 10.5 Å². The molecule has 0 saturated heterocycles. The van der Waals surface area contributed by atoms with Gasteiger partial charge in [0.25, 0.3) is 0 Å². The van der Waals surface area contributed by atoms with Crippen molar-refractivity contribution in [2.24, 2.45) is 5.73 Å². The zero-order valence-corrected chi connectivity index (χ0v) is 30.9. The van der Waals surface area contributed by atoms with Gasteiger partial charge in [-0.25, -0.2) is 4.79 Å². The van der Waals surface area contributed by atoms with Crippen LogP contribution in [-0.2, 0) is 19.1 Å². The predicted octanol–water partition coefficient (Wildman–Crippen LogP) is 10.7. The van der Waals surface area contributed by atoms with Gasteiger partial charge in [0.15, 0.2) is 0 Å². The number of aliphatic carboxylic acids is 1. The van der Waals surface area contributed by atoms with E-state index in [0.717, 1.165) is 51.4 Å². The Balaban J connectivity index is 3.77. The topological polar surface area (TPSA) is 119 Å². The molecule has 1 amide bonds. The predicted molar refractivity (Wildman–Crippen MR) is 197 cm³/mol. The second-order valence-electron chi connectivity index (χ2n) is 13.7. The van der Waals surface area contributed by atoms with E-state index in [1.807, 2.05) is 0 Å². The number of rotatable bonds is 36. The molecule has 0 saturated carbocycles. The number of nitrogens with two attached hydrogens (primary N) is 1. The number of amides is 1. The molecule has 7 heteroatoms. The largest absolute Gasteiger partial charge is 0.480 e. The third kappa shape index (κ3) is 32.4. The average Bonchev–Trinajstić information content (AvgIpc) is 3.05. The number of esters is 1. The van der Waals surface area contributed by atoms with Gasteiger partial charge in [-0.1, -0.05) is 135 Å². The Morgan fingerprint density at radius 3 is 1.60 bits per heavy atom. The van der Waals surface area contributed by atoms with Gasteiger partial charge in [0, 0.05) is 12.8 Å². The summed E-state index contributed by atoms with van der Waals surface area (Å²) in [5, 5.41) is 11.9. The quantitative estimate of drug-likeness (QED) is 0.0348. The average molecular weight is 665 g/mol. The van der Waals surface area contributed by atoms with Crippen molar-refractivity contribution in [3.8, 4) is 0 Å². The van der Waals surface area contributed by atoms with Gasteiger partial charge in [-0.3, -0.25) is 9.59 Å². The van der Waals surface area contributed by atoms with Crippen LogP contribution in [-0.4, -0.2) is 41.6 Å². The van der Waals surface area contributed by atoms with Crippen LogP contribution in [0.1, 0.15) is 206 Å². The smallest absolute Gasteiger partial charge is 0.326 e. The van der Waals surface area contributed by atoms with Gasteiger partial charge in [0.2, 0.25) is 5.91 Å². The van der Waals surface area contributed by atoms with E-state index >= 15 is 0 Å². The first-order valence-corrected chi connectivity index (χ1v) is 20.0. The summed E-state index contributed by atoms with van der Waals surface area (Å²) in [6.45, 7) is 4.83. The molecule has 7 nitrogen and oxygen atoms in total. The van der Waals surface area contributed by atoms with Gasteiger partial charge in [-0.05, 0) is 77.2 Å². The Kier molecular flexibility index (Phi) is 34.0. The molecule has 276 valence electrons. The number of carbonyl (C=O) groups is 3. The molecule has 2 unspecified atom stereocenters. The number of hydrogen-bond acceptors (Lipinski definition) is 5. The summed E-state index contributed by atoms with van der Waals surface area (Å²) in [5.74, 6) is -1.32. The van der Waals surface area contributed by atoms with E-state index in [-0.39, 0.29) is 18.0 Å². The van der Waals surface area contributed by atoms with Crippen molar-refractivity contribution in [3.05, 3.63) is 12.2 Å². The van der Waals surface area contributed by atoms with Crippen LogP contribution in [0.15, 0.2) is 12.2 Å². The number of allylic oxidation sites excluding steroid dienone is 2. The second kappa shape index (κ2) is 35.4. The Labute approximate surface area is 290 Å². The van der Waals surface area contributed by atoms with Crippen molar-refractivity contribution in [2.75, 3.05) is 6.54 Å². The summed E-state index contributed by atoms with van der Waals surface area (Å²) < 4.78 is 5.84. The van der Waals surface area contributed by atoms with Crippen molar-refractivity contribution < 1.29 is 24.2 Å². The van der Waals surface area contributed by atoms with Gasteiger partial charge in [-0.2, -0.15) is 0 Å². The lowest BCUT2D eigenvalue weighted by Gasteiger charge is -2.18. The number of carboxylic acid groups (broad SMARTS) is 1. The summed E-state index contributed by atoms with van der Waals surface area (Å²) in [6.07, 6.45) is 37.4. The van der Waals surface area contributed by atoms with Crippen LogP contribution in [0.25, 0.3) is 0 Å². The molecule has 0 heterocycles. The molecule has 0 spiro atoms. The highest BCUT2D eigenvalue weighted by molar-refractivity contribution is 5.83. The molecule has 0 radical (unpaired) electrons. The zero-order valence-electron chi connectivity index (χ0n) is 30.9. The van der Waals surface area contributed by atoms with E-state index in [1.54, 1.807) is 0 Å². The second-order valence-corrected chi connectivity index (χ2v) is 13.7. The van der Waals surface area contributed by atoms with Crippen LogP contribution in [0.4, 0.5) is 0 Å². The van der Waals surface area contributed by atoms with E-state index in [1.165, 1.54) is 109 Å². The first-order chi connectivity index (χ1) is 22.9. The lowest BCUT2D eigenvalue weighted by atomic mass is 10.0. The first kappa shape index (κ1) is 45.1. The normalized spacial score (nSPS) is 12.7. The SMILES string of the molecule is CCCCCCCCCC/C=C\CCCCCCCCCCCC(=O)OC(CCCC)CCCCCC(=O)NC(CCCN)C(=O)O. The Morgan fingerprint density at radius 1 is 0.596 bits per heavy atom. The van der Waals surface area contributed by atoms with Crippen LogP contribution in [0.2, 0.25) is 0 Å². The maximum absolute atomic E-state index is 12.5. The minimum Gasteiger partial charge on any atom is -0.480 e. The molecule has 0 fully saturated rings. The summed E-state index contributed by atoms with van der Waals surface area (Å²) in [4.78, 5) is 35.9. The molecule has 47 heavy (non-hydrogen) atoms. The number of ether oxygens (including phenoxy) is 1. The van der Waals surface area contributed by atoms with Crippen LogP contribution < -0.4 is 11.1 Å². The van der Waals surface area contributed by atoms with E-state index in [9.17, 15) is 19.5 Å². The highest BCUT2D eigenvalue weighted by Crippen LogP contribution is 2.17. The van der Waals surface area contributed by atoms with Crippen LogP contribution in [0.5, 0.6) is 0 Å². The molecule has 0 aromatic rings. The van der Waals surface area contributed by atoms with Gasteiger partial charge >= 0.3 is 11.9 Å². The molecule has 0 aliphatic rings. The molecular weight excluding hydrogens is 588 g/mol. The summed E-state index contributed by atoms with van der Waals surface area (Å²) in [6, 6.07) is -0.870. The molecule has 0 bridgehead atoms.